The van der Waals surface area contributed by atoms with E-state index in [0.717, 1.165) is 0 Å². The number of ether oxygens (including phenoxy) is 2. The van der Waals surface area contributed by atoms with E-state index in [0.29, 0.717) is 5.90 Å². The summed E-state index contributed by atoms with van der Waals surface area (Å²) in [6.07, 6.45) is 2.82. The van der Waals surface area contributed by atoms with E-state index in [1.54, 1.807) is 19.4 Å². The predicted octanol–water partition coefficient (Wildman–Crippen LogP) is -0.336. The smallest absolute Gasteiger partial charge is 0.244 e. The zero-order chi connectivity index (χ0) is 8.27. The minimum absolute atomic E-state index is 0.477. The molecule has 0 saturated heterocycles. The summed E-state index contributed by atoms with van der Waals surface area (Å²) in [6.45, 7) is 0. The monoisotopic (exact) mass is 157 g/mol. The Labute approximate surface area is 65.1 Å². The number of methoxy groups -OCH3 is 2. The summed E-state index contributed by atoms with van der Waals surface area (Å²) in [7, 11) is 3.07. The van der Waals surface area contributed by atoms with E-state index in [2.05, 4.69) is 4.99 Å². The van der Waals surface area contributed by atoms with Crippen LogP contribution in [0.1, 0.15) is 0 Å². The van der Waals surface area contributed by atoms with E-state index in [1.165, 1.54) is 12.1 Å². The van der Waals surface area contributed by atoms with Crippen LogP contribution in [0.4, 0.5) is 0 Å². The van der Waals surface area contributed by atoms with Gasteiger partial charge in [-0.15, -0.1) is 0 Å². The van der Waals surface area contributed by atoms with Gasteiger partial charge in [0.25, 0.3) is 0 Å². The number of rotatable bonds is 1. The number of hydrazine groups is 1. The highest BCUT2D eigenvalue weighted by atomic mass is 16.5. The zero-order valence-corrected chi connectivity index (χ0v) is 6.52. The van der Waals surface area contributed by atoms with Gasteiger partial charge in [0.2, 0.25) is 12.2 Å². The van der Waals surface area contributed by atoms with Gasteiger partial charge in [-0.2, -0.15) is 4.99 Å². The molecule has 0 aromatic heterocycles. The Morgan fingerprint density at radius 2 is 2.36 bits per heavy atom. The quantitative estimate of drug-likeness (QED) is 0.529. The van der Waals surface area contributed by atoms with Crippen molar-refractivity contribution in [1.82, 2.24) is 5.01 Å². The van der Waals surface area contributed by atoms with E-state index in [4.69, 9.17) is 15.3 Å². The van der Waals surface area contributed by atoms with Crippen LogP contribution in [0.15, 0.2) is 17.3 Å². The number of hydrogen-bond acceptors (Lipinski definition) is 5. The van der Waals surface area contributed by atoms with Gasteiger partial charge in [-0.05, 0) is 0 Å². The molecule has 11 heavy (non-hydrogen) atoms. The van der Waals surface area contributed by atoms with Crippen molar-refractivity contribution in [3.05, 3.63) is 12.3 Å². The fraction of sp³-hybridized carbons (Fsp3) is 0.500. The number of aliphatic imine (C=N–C) groups is 1. The third-order valence-corrected chi connectivity index (χ3v) is 1.30. The summed E-state index contributed by atoms with van der Waals surface area (Å²) in [5.41, 5.74) is 0. The first-order chi connectivity index (χ1) is 5.27. The van der Waals surface area contributed by atoms with Crippen LogP contribution < -0.4 is 5.84 Å². The maximum absolute atomic E-state index is 5.47. The molecule has 0 aromatic carbocycles. The second-order valence-corrected chi connectivity index (χ2v) is 2.00. The van der Waals surface area contributed by atoms with Gasteiger partial charge in [0.05, 0.1) is 7.11 Å². The Morgan fingerprint density at radius 3 is 2.91 bits per heavy atom. The molecule has 1 unspecified atom stereocenters. The van der Waals surface area contributed by atoms with Crippen LogP contribution in [0.5, 0.6) is 0 Å². The lowest BCUT2D eigenvalue weighted by molar-refractivity contribution is -0.00208. The molecule has 0 bridgehead atoms. The topological polar surface area (TPSA) is 60.1 Å². The van der Waals surface area contributed by atoms with Crippen LogP contribution in [0.3, 0.4) is 0 Å². The molecule has 0 aliphatic carbocycles. The van der Waals surface area contributed by atoms with Gasteiger partial charge in [-0.25, -0.2) is 5.84 Å². The average Bonchev–Trinajstić information content (AvgIpc) is 2.05. The Hall–Kier alpha value is -1.07. The lowest BCUT2D eigenvalue weighted by Crippen LogP contribution is -2.39. The molecule has 2 N–H and O–H groups in total. The molecular weight excluding hydrogens is 146 g/mol. The van der Waals surface area contributed by atoms with Crippen molar-refractivity contribution in [2.24, 2.45) is 10.8 Å². The summed E-state index contributed by atoms with van der Waals surface area (Å²) in [5.74, 6) is 5.98. The van der Waals surface area contributed by atoms with Gasteiger partial charge in [0.15, 0.2) is 0 Å². The van der Waals surface area contributed by atoms with Crippen LogP contribution in [-0.2, 0) is 9.47 Å². The van der Waals surface area contributed by atoms with Crippen molar-refractivity contribution in [2.75, 3.05) is 14.2 Å². The van der Waals surface area contributed by atoms with Crippen LogP contribution in [0.2, 0.25) is 0 Å². The molecule has 0 radical (unpaired) electrons. The molecule has 1 rings (SSSR count). The second kappa shape index (κ2) is 3.36. The predicted molar refractivity (Wildman–Crippen MR) is 40.4 cm³/mol. The van der Waals surface area contributed by atoms with Crippen LogP contribution >= 0.6 is 0 Å². The fourth-order valence-electron chi connectivity index (χ4n) is 0.737. The Bertz CT molecular complexity index is 190. The van der Waals surface area contributed by atoms with Crippen molar-refractivity contribution < 1.29 is 9.47 Å². The molecule has 1 aliphatic heterocycles. The van der Waals surface area contributed by atoms with Crippen molar-refractivity contribution in [3.8, 4) is 0 Å². The van der Waals surface area contributed by atoms with Gasteiger partial charge in [0, 0.05) is 19.4 Å². The van der Waals surface area contributed by atoms with Crippen molar-refractivity contribution in [1.29, 1.82) is 0 Å². The third-order valence-electron chi connectivity index (χ3n) is 1.30. The van der Waals surface area contributed by atoms with Crippen molar-refractivity contribution in [2.45, 2.75) is 6.35 Å². The summed E-state index contributed by atoms with van der Waals surface area (Å²) in [5, 5.41) is 1.35. The summed E-state index contributed by atoms with van der Waals surface area (Å²) >= 11 is 0. The van der Waals surface area contributed by atoms with Gasteiger partial charge in [0.1, 0.15) is 0 Å². The van der Waals surface area contributed by atoms with Crippen molar-refractivity contribution in [3.63, 3.8) is 0 Å². The first-order valence-corrected chi connectivity index (χ1v) is 3.13. The van der Waals surface area contributed by atoms with E-state index in [-0.39, 0.29) is 0 Å². The van der Waals surface area contributed by atoms with Crippen LogP contribution in [0.25, 0.3) is 0 Å². The molecule has 0 fully saturated rings. The second-order valence-electron chi connectivity index (χ2n) is 2.00. The fourth-order valence-corrected chi connectivity index (χ4v) is 0.737. The number of hydrogen-bond donors (Lipinski definition) is 1. The van der Waals surface area contributed by atoms with Gasteiger partial charge in [-0.3, -0.25) is 5.01 Å². The SMILES string of the molecule is COC1=NC(OC)N(N)C=C1. The van der Waals surface area contributed by atoms with Crippen molar-refractivity contribution >= 4 is 5.90 Å². The molecular formula is C6H11N3O2. The third kappa shape index (κ3) is 1.69. The highest BCUT2D eigenvalue weighted by Crippen LogP contribution is 2.04. The molecule has 1 aliphatic rings. The largest absolute Gasteiger partial charge is 0.481 e. The van der Waals surface area contributed by atoms with E-state index >= 15 is 0 Å². The molecule has 0 amide bonds. The van der Waals surface area contributed by atoms with Crippen LogP contribution in [-0.4, -0.2) is 31.5 Å². The molecule has 0 saturated carbocycles. The van der Waals surface area contributed by atoms with Gasteiger partial charge >= 0.3 is 0 Å². The molecule has 5 heteroatoms. The molecule has 1 heterocycles. The Balaban J connectivity index is 2.67. The molecule has 5 nitrogen and oxygen atoms in total. The number of nitrogens with two attached hydrogens (primary N) is 1. The van der Waals surface area contributed by atoms with E-state index in [9.17, 15) is 0 Å². The highest BCUT2D eigenvalue weighted by Gasteiger charge is 2.14. The Morgan fingerprint density at radius 1 is 1.64 bits per heavy atom. The minimum atomic E-state index is -0.477. The average molecular weight is 157 g/mol. The zero-order valence-electron chi connectivity index (χ0n) is 6.52. The molecule has 62 valence electrons. The normalized spacial score (nSPS) is 23.4. The van der Waals surface area contributed by atoms with E-state index < -0.39 is 6.35 Å². The van der Waals surface area contributed by atoms with E-state index in [1.807, 2.05) is 0 Å². The molecule has 0 aromatic rings. The van der Waals surface area contributed by atoms with Gasteiger partial charge in [-0.1, -0.05) is 0 Å². The maximum atomic E-state index is 5.47. The maximum Gasteiger partial charge on any atom is 0.244 e. The van der Waals surface area contributed by atoms with Gasteiger partial charge < -0.3 is 9.47 Å². The Kier molecular flexibility index (Phi) is 2.45. The summed E-state index contributed by atoms with van der Waals surface area (Å²) < 4.78 is 9.79. The summed E-state index contributed by atoms with van der Waals surface area (Å²) in [6, 6.07) is 0. The molecule has 0 spiro atoms. The highest BCUT2D eigenvalue weighted by molar-refractivity contribution is 5.88. The first kappa shape index (κ1) is 8.03. The lowest BCUT2D eigenvalue weighted by Gasteiger charge is -2.23. The first-order valence-electron chi connectivity index (χ1n) is 3.13. The molecule has 1 atom stereocenters. The minimum Gasteiger partial charge on any atom is -0.481 e. The summed E-state index contributed by atoms with van der Waals surface area (Å²) in [4.78, 5) is 3.99. The number of nitrogens with zero attached hydrogens (tertiary/aromatic N) is 2. The van der Waals surface area contributed by atoms with Crippen LogP contribution in [0, 0.1) is 0 Å². The standard InChI is InChI=1S/C6H11N3O2/c1-10-5-3-4-9(7)6(8-5)11-2/h3-4,6H,7H2,1-2H3. The lowest BCUT2D eigenvalue weighted by atomic mass is 10.5.